The van der Waals surface area contributed by atoms with Crippen molar-refractivity contribution in [2.75, 3.05) is 25.0 Å². The average Bonchev–Trinajstić information content (AvgIpc) is 3.43. The molecule has 1 N–H and O–H groups in total. The fraction of sp³-hybridized carbons (Fsp3) is 0.273. The van der Waals surface area contributed by atoms with Gasteiger partial charge in [-0.3, -0.25) is 24.6 Å². The van der Waals surface area contributed by atoms with E-state index in [2.05, 4.69) is 105 Å². The van der Waals surface area contributed by atoms with E-state index < -0.39 is 6.04 Å². The lowest BCUT2D eigenvalue weighted by Crippen LogP contribution is -2.59. The molecule has 4 heterocycles. The van der Waals surface area contributed by atoms with Crippen LogP contribution >= 0.6 is 55.1 Å². The molecule has 3 atom stereocenters. The number of anilines is 1. The molecule has 6 aromatic rings. The third-order valence-electron chi connectivity index (χ3n) is 11.4. The number of aromatic nitrogens is 4. The molecule has 3 aromatic carbocycles. The molecule has 2 aliphatic carbocycles. The zero-order valence-corrected chi connectivity index (χ0v) is 35.4. The highest BCUT2D eigenvalue weighted by Gasteiger charge is 2.43. The van der Waals surface area contributed by atoms with Gasteiger partial charge >= 0.3 is 0 Å². The van der Waals surface area contributed by atoms with Crippen molar-refractivity contribution in [3.05, 3.63) is 173 Å². The first-order valence-electron chi connectivity index (χ1n) is 18.9. The van der Waals surface area contributed by atoms with Crippen LogP contribution in [0.15, 0.2) is 107 Å². The van der Waals surface area contributed by atoms with Crippen molar-refractivity contribution >= 4 is 66.7 Å². The Hall–Kier alpha value is -3.90. The predicted molar refractivity (Wildman–Crippen MR) is 228 cm³/mol. The van der Waals surface area contributed by atoms with E-state index in [-0.39, 0.29) is 18.0 Å². The molecule has 1 aliphatic heterocycles. The number of fused-ring (bicyclic) bond motifs is 4. The van der Waals surface area contributed by atoms with Crippen LogP contribution in [0, 0.1) is 6.92 Å². The molecule has 56 heavy (non-hydrogen) atoms. The molecule has 3 unspecified atom stereocenters. The number of benzene rings is 3. The van der Waals surface area contributed by atoms with Crippen molar-refractivity contribution in [1.82, 2.24) is 29.3 Å². The van der Waals surface area contributed by atoms with E-state index in [4.69, 9.17) is 33.2 Å². The van der Waals surface area contributed by atoms with Crippen LogP contribution in [0.1, 0.15) is 68.1 Å². The molecule has 1 fully saturated rings. The normalized spacial score (nSPS) is 19.6. The molecule has 1 saturated heterocycles. The van der Waals surface area contributed by atoms with Crippen molar-refractivity contribution in [2.45, 2.75) is 57.3 Å². The fourth-order valence-electron chi connectivity index (χ4n) is 8.87. The van der Waals surface area contributed by atoms with Gasteiger partial charge in [-0.2, -0.15) is 0 Å². The van der Waals surface area contributed by atoms with Crippen LogP contribution in [0.4, 0.5) is 5.69 Å². The smallest absolute Gasteiger partial charge is 0.243 e. The van der Waals surface area contributed by atoms with Crippen LogP contribution in [0.25, 0.3) is 0 Å². The minimum Gasteiger partial charge on any atom is -0.333 e. The standard InChI is InChI=1S/C44H39Br2Cl2N7O/c1-26-22-53(25-51-26)23-27-3-2-4-36(15-27)52-44(56)39-24-54(42-37-11-9-34(47)18-28(37)5-7-30-16-32(45)20-49-40(30)42)13-14-55(39)43-38-12-10-35(48)19-29(38)6-8-31-17-33(46)21-50-41(31)43/h2-4,9-12,15-22,25,39,42-43H,5-8,13-14,23-24H2,1H3,(H,52,56). The predicted octanol–water partition coefficient (Wildman–Crippen LogP) is 9.56. The summed E-state index contributed by atoms with van der Waals surface area (Å²) < 4.78 is 3.95. The summed E-state index contributed by atoms with van der Waals surface area (Å²) in [5.74, 6) is -0.0716. The highest BCUT2D eigenvalue weighted by atomic mass is 79.9. The van der Waals surface area contributed by atoms with E-state index in [9.17, 15) is 0 Å². The number of rotatable bonds is 6. The Morgan fingerprint density at radius 1 is 0.768 bits per heavy atom. The first kappa shape index (κ1) is 37.7. The number of hydrogen-bond donors (Lipinski definition) is 1. The van der Waals surface area contributed by atoms with Crippen LogP contribution in [0.5, 0.6) is 0 Å². The Kier molecular flexibility index (Phi) is 10.6. The second kappa shape index (κ2) is 15.8. The summed E-state index contributed by atoms with van der Waals surface area (Å²) in [4.78, 5) is 34.5. The number of carbonyl (C=O) groups is 1. The number of carbonyl (C=O) groups excluding carboxylic acids is 1. The summed E-state index contributed by atoms with van der Waals surface area (Å²) in [6.45, 7) is 4.43. The molecule has 0 radical (unpaired) electrons. The molecule has 284 valence electrons. The quantitative estimate of drug-likeness (QED) is 0.180. The number of imidazole rings is 1. The molecule has 0 saturated carbocycles. The first-order valence-corrected chi connectivity index (χ1v) is 21.2. The maximum Gasteiger partial charge on any atom is 0.243 e. The van der Waals surface area contributed by atoms with Gasteiger partial charge in [-0.15, -0.1) is 0 Å². The highest BCUT2D eigenvalue weighted by molar-refractivity contribution is 9.10. The van der Waals surface area contributed by atoms with Gasteiger partial charge in [-0.1, -0.05) is 47.5 Å². The van der Waals surface area contributed by atoms with Gasteiger partial charge < -0.3 is 9.88 Å². The summed E-state index contributed by atoms with van der Waals surface area (Å²) in [5, 5.41) is 4.79. The summed E-state index contributed by atoms with van der Waals surface area (Å²) in [7, 11) is 0. The molecule has 0 bridgehead atoms. The molecule has 8 nitrogen and oxygen atoms in total. The zero-order valence-electron chi connectivity index (χ0n) is 30.7. The number of pyridine rings is 2. The zero-order chi connectivity index (χ0) is 38.5. The highest BCUT2D eigenvalue weighted by Crippen LogP contribution is 2.43. The third-order valence-corrected chi connectivity index (χ3v) is 12.7. The maximum atomic E-state index is 15.1. The molecule has 3 aliphatic rings. The largest absolute Gasteiger partial charge is 0.333 e. The number of amides is 1. The average molecular weight is 913 g/mol. The lowest BCUT2D eigenvalue weighted by atomic mass is 9.92. The number of halogens is 4. The van der Waals surface area contributed by atoms with Gasteiger partial charge in [0.05, 0.1) is 35.5 Å². The Balaban J connectivity index is 1.14. The van der Waals surface area contributed by atoms with E-state index in [1.54, 1.807) is 0 Å². The van der Waals surface area contributed by atoms with Crippen molar-refractivity contribution in [3.8, 4) is 0 Å². The van der Waals surface area contributed by atoms with E-state index in [0.29, 0.717) is 31.2 Å². The minimum absolute atomic E-state index is 0.0716. The number of aryl methyl sites for hydroxylation is 5. The van der Waals surface area contributed by atoms with E-state index >= 15 is 4.79 Å². The number of piperazine rings is 1. The summed E-state index contributed by atoms with van der Waals surface area (Å²) >= 11 is 20.6. The Morgan fingerprint density at radius 2 is 1.39 bits per heavy atom. The van der Waals surface area contributed by atoms with E-state index in [1.165, 1.54) is 27.8 Å². The van der Waals surface area contributed by atoms with Gasteiger partial charge in [0.25, 0.3) is 0 Å². The van der Waals surface area contributed by atoms with Gasteiger partial charge in [0.2, 0.25) is 5.91 Å². The summed E-state index contributed by atoms with van der Waals surface area (Å²) in [6, 6.07) is 23.9. The molecule has 3 aromatic heterocycles. The van der Waals surface area contributed by atoms with Crippen LogP contribution in [0.2, 0.25) is 10.0 Å². The number of hydrogen-bond acceptors (Lipinski definition) is 6. The van der Waals surface area contributed by atoms with Crippen LogP contribution in [-0.4, -0.2) is 60.9 Å². The molecular formula is C44H39Br2Cl2N7O. The monoisotopic (exact) mass is 909 g/mol. The molecule has 0 spiro atoms. The lowest BCUT2D eigenvalue weighted by molar-refractivity contribution is -0.125. The van der Waals surface area contributed by atoms with Crippen LogP contribution in [-0.2, 0) is 37.0 Å². The van der Waals surface area contributed by atoms with Gasteiger partial charge in [0.1, 0.15) is 6.04 Å². The molecular weight excluding hydrogens is 873 g/mol. The number of nitrogens with one attached hydrogen (secondary N) is 1. The number of nitrogens with zero attached hydrogens (tertiary/aromatic N) is 6. The van der Waals surface area contributed by atoms with Crippen LogP contribution in [0.3, 0.4) is 0 Å². The summed E-state index contributed by atoms with van der Waals surface area (Å²) in [5.41, 5.74) is 11.9. The minimum atomic E-state index is -0.550. The van der Waals surface area contributed by atoms with E-state index in [0.717, 1.165) is 73.5 Å². The molecule has 12 heteroatoms. The molecule has 1 amide bonds. The van der Waals surface area contributed by atoms with Crippen molar-refractivity contribution in [2.24, 2.45) is 0 Å². The lowest BCUT2D eigenvalue weighted by Gasteiger charge is -2.47. The third kappa shape index (κ3) is 7.60. The van der Waals surface area contributed by atoms with Gasteiger partial charge in [-0.05, 0) is 152 Å². The fourth-order valence-corrected chi connectivity index (χ4v) is 10.0. The molecule has 9 rings (SSSR count). The van der Waals surface area contributed by atoms with Crippen LogP contribution < -0.4 is 5.32 Å². The second-order valence-electron chi connectivity index (χ2n) is 15.0. The SMILES string of the molecule is Cc1cn(Cc2cccc(NC(=O)C3CN(C4c5ccc(Cl)cc5CCc5cc(Br)cnc54)CCN3C3c4ccc(Cl)cc4CCc4cc(Br)cnc43)c2)cn1. The Labute approximate surface area is 353 Å². The maximum absolute atomic E-state index is 15.1. The van der Waals surface area contributed by atoms with Gasteiger partial charge in [0.15, 0.2) is 0 Å². The van der Waals surface area contributed by atoms with Crippen molar-refractivity contribution in [1.29, 1.82) is 0 Å². The van der Waals surface area contributed by atoms with E-state index in [1.807, 2.05) is 56.1 Å². The van der Waals surface area contributed by atoms with Gasteiger partial charge in [-0.25, -0.2) is 4.98 Å². The Bertz CT molecular complexity index is 2370. The Morgan fingerprint density at radius 3 is 2.04 bits per heavy atom. The van der Waals surface area contributed by atoms with Crippen molar-refractivity contribution < 1.29 is 4.79 Å². The first-order chi connectivity index (χ1) is 27.2. The summed E-state index contributed by atoms with van der Waals surface area (Å²) in [6.07, 6.45) is 11.0. The second-order valence-corrected chi connectivity index (χ2v) is 17.7. The topological polar surface area (TPSA) is 79.2 Å². The van der Waals surface area contributed by atoms with Gasteiger partial charge in [0, 0.05) is 69.4 Å². The van der Waals surface area contributed by atoms with Crippen molar-refractivity contribution in [3.63, 3.8) is 0 Å².